The van der Waals surface area contributed by atoms with Gasteiger partial charge >= 0.3 is 11.6 Å². The normalized spacial score (nSPS) is 11.3. The lowest BCUT2D eigenvalue weighted by Gasteiger charge is -2.13. The van der Waals surface area contributed by atoms with Gasteiger partial charge in [-0.2, -0.15) is 0 Å². The van der Waals surface area contributed by atoms with E-state index in [0.717, 1.165) is 39.3 Å². The van der Waals surface area contributed by atoms with Crippen LogP contribution in [-0.2, 0) is 11.2 Å². The molecular formula is C26H20O5. The van der Waals surface area contributed by atoms with Crippen molar-refractivity contribution in [1.29, 1.82) is 0 Å². The van der Waals surface area contributed by atoms with Crippen molar-refractivity contribution in [1.82, 2.24) is 0 Å². The number of aromatic hydroxyl groups is 1. The number of benzene rings is 3. The van der Waals surface area contributed by atoms with Crippen molar-refractivity contribution in [3.63, 3.8) is 0 Å². The predicted molar refractivity (Wildman–Crippen MR) is 120 cm³/mol. The van der Waals surface area contributed by atoms with Crippen LogP contribution in [0.15, 0.2) is 82.0 Å². The molecule has 0 saturated carbocycles. The minimum atomic E-state index is -1.00. The Kier molecular flexibility index (Phi) is 5.41. The molecule has 0 bridgehead atoms. The molecule has 1 aromatic heterocycles. The second kappa shape index (κ2) is 8.32. The molecule has 2 N–H and O–H groups in total. The van der Waals surface area contributed by atoms with E-state index in [1.807, 2.05) is 55.5 Å². The summed E-state index contributed by atoms with van der Waals surface area (Å²) in [5.74, 6) is -0.975. The third-order valence-electron chi connectivity index (χ3n) is 5.08. The topological polar surface area (TPSA) is 87.7 Å². The highest BCUT2D eigenvalue weighted by atomic mass is 16.4. The zero-order chi connectivity index (χ0) is 22.0. The molecule has 0 spiro atoms. The summed E-state index contributed by atoms with van der Waals surface area (Å²) in [5, 5.41) is 19.4. The van der Waals surface area contributed by atoms with E-state index in [1.54, 1.807) is 12.1 Å². The first-order chi connectivity index (χ1) is 14.9. The average Bonchev–Trinajstić information content (AvgIpc) is 2.73. The number of phenolic OH excluding ortho intramolecular Hbond substituents is 1. The van der Waals surface area contributed by atoms with Crippen LogP contribution in [-0.4, -0.2) is 16.2 Å². The number of carboxylic acids is 1. The number of rotatable bonds is 5. The van der Waals surface area contributed by atoms with Crippen molar-refractivity contribution in [3.8, 4) is 16.9 Å². The van der Waals surface area contributed by atoms with Crippen molar-refractivity contribution in [2.45, 2.75) is 13.3 Å². The number of phenols is 1. The van der Waals surface area contributed by atoms with Crippen LogP contribution in [0, 0.1) is 6.92 Å². The van der Waals surface area contributed by atoms with Crippen LogP contribution < -0.4 is 5.63 Å². The zero-order valence-electron chi connectivity index (χ0n) is 16.8. The van der Waals surface area contributed by atoms with Gasteiger partial charge in [0.25, 0.3) is 0 Å². The van der Waals surface area contributed by atoms with E-state index in [9.17, 15) is 14.7 Å². The number of carboxylic acid groups (broad SMARTS) is 1. The highest BCUT2D eigenvalue weighted by Crippen LogP contribution is 2.31. The average molecular weight is 412 g/mol. The summed E-state index contributed by atoms with van der Waals surface area (Å²) in [6, 6.07) is 20.0. The van der Waals surface area contributed by atoms with Gasteiger partial charge in [-0.15, -0.1) is 0 Å². The molecule has 0 amide bonds. The quantitative estimate of drug-likeness (QED) is 0.349. The van der Waals surface area contributed by atoms with Crippen LogP contribution in [0.25, 0.3) is 28.2 Å². The fourth-order valence-corrected chi connectivity index (χ4v) is 3.65. The van der Waals surface area contributed by atoms with Crippen LogP contribution in [0.2, 0.25) is 0 Å². The number of carbonyl (C=O) groups is 1. The predicted octanol–water partition coefficient (Wildman–Crippen LogP) is 5.16. The Morgan fingerprint density at radius 3 is 2.52 bits per heavy atom. The summed E-state index contributed by atoms with van der Waals surface area (Å²) < 4.78 is 5.54. The SMILES string of the molecule is Cc1cccc(-c2c(Cc3ccc(/C=C/C(=O)O)cc3)c3ccc(O)cc3oc2=O)c1. The molecule has 0 aliphatic rings. The summed E-state index contributed by atoms with van der Waals surface area (Å²) in [6.07, 6.45) is 3.09. The maximum absolute atomic E-state index is 13.0. The van der Waals surface area contributed by atoms with Crippen molar-refractivity contribution < 1.29 is 19.4 Å². The van der Waals surface area contributed by atoms with E-state index < -0.39 is 11.6 Å². The number of aliphatic carboxylic acids is 1. The highest BCUT2D eigenvalue weighted by Gasteiger charge is 2.17. The van der Waals surface area contributed by atoms with E-state index in [2.05, 4.69) is 0 Å². The summed E-state index contributed by atoms with van der Waals surface area (Å²) in [5.41, 5.74) is 4.72. The second-order valence-corrected chi connectivity index (χ2v) is 7.38. The first-order valence-electron chi connectivity index (χ1n) is 9.76. The molecule has 0 saturated heterocycles. The molecular weight excluding hydrogens is 392 g/mol. The molecule has 0 fully saturated rings. The van der Waals surface area contributed by atoms with Gasteiger partial charge in [0.15, 0.2) is 0 Å². The Bertz CT molecular complexity index is 1360. The Balaban J connectivity index is 1.86. The Hall–Kier alpha value is -4.12. The van der Waals surface area contributed by atoms with Crippen LogP contribution in [0.4, 0.5) is 0 Å². The third-order valence-corrected chi connectivity index (χ3v) is 5.08. The largest absolute Gasteiger partial charge is 0.508 e. The lowest BCUT2D eigenvalue weighted by Crippen LogP contribution is -2.09. The molecule has 1 heterocycles. The highest BCUT2D eigenvalue weighted by molar-refractivity contribution is 5.88. The Labute approximate surface area is 178 Å². The molecule has 0 aliphatic carbocycles. The number of hydrogen-bond acceptors (Lipinski definition) is 4. The van der Waals surface area contributed by atoms with E-state index >= 15 is 0 Å². The van der Waals surface area contributed by atoms with E-state index in [1.165, 1.54) is 12.1 Å². The van der Waals surface area contributed by atoms with Crippen LogP contribution >= 0.6 is 0 Å². The van der Waals surface area contributed by atoms with E-state index in [4.69, 9.17) is 9.52 Å². The molecule has 0 radical (unpaired) electrons. The van der Waals surface area contributed by atoms with Crippen LogP contribution in [0.5, 0.6) is 5.75 Å². The second-order valence-electron chi connectivity index (χ2n) is 7.38. The van der Waals surface area contributed by atoms with Crippen LogP contribution in [0.1, 0.15) is 22.3 Å². The molecule has 4 rings (SSSR count). The van der Waals surface area contributed by atoms with E-state index in [0.29, 0.717) is 17.6 Å². The first-order valence-corrected chi connectivity index (χ1v) is 9.76. The Morgan fingerprint density at radius 2 is 1.81 bits per heavy atom. The van der Waals surface area contributed by atoms with Gasteiger partial charge in [0.05, 0.1) is 5.56 Å². The molecule has 0 unspecified atom stereocenters. The molecule has 0 aliphatic heterocycles. The smallest absolute Gasteiger partial charge is 0.344 e. The molecule has 3 aromatic carbocycles. The van der Waals surface area contributed by atoms with Gasteiger partial charge < -0.3 is 14.6 Å². The van der Waals surface area contributed by atoms with Gasteiger partial charge in [-0.25, -0.2) is 9.59 Å². The number of hydrogen-bond donors (Lipinski definition) is 2. The summed E-state index contributed by atoms with van der Waals surface area (Å²) in [6.45, 7) is 1.97. The summed E-state index contributed by atoms with van der Waals surface area (Å²) in [7, 11) is 0. The van der Waals surface area contributed by atoms with Gasteiger partial charge in [0.2, 0.25) is 0 Å². The molecule has 5 heteroatoms. The maximum Gasteiger partial charge on any atom is 0.344 e. The fraction of sp³-hybridized carbons (Fsp3) is 0.0769. The van der Waals surface area contributed by atoms with Crippen molar-refractivity contribution in [2.75, 3.05) is 0 Å². The molecule has 4 aromatic rings. The van der Waals surface area contributed by atoms with Gasteiger partial charge in [-0.3, -0.25) is 0 Å². The number of fused-ring (bicyclic) bond motifs is 1. The molecule has 5 nitrogen and oxygen atoms in total. The van der Waals surface area contributed by atoms with Crippen molar-refractivity contribution in [2.24, 2.45) is 0 Å². The van der Waals surface area contributed by atoms with Crippen molar-refractivity contribution >= 4 is 23.0 Å². The minimum Gasteiger partial charge on any atom is -0.508 e. The van der Waals surface area contributed by atoms with Gasteiger partial charge in [0, 0.05) is 17.5 Å². The zero-order valence-corrected chi connectivity index (χ0v) is 16.8. The summed E-state index contributed by atoms with van der Waals surface area (Å²) in [4.78, 5) is 23.7. The summed E-state index contributed by atoms with van der Waals surface area (Å²) >= 11 is 0. The van der Waals surface area contributed by atoms with Crippen LogP contribution in [0.3, 0.4) is 0 Å². The molecule has 154 valence electrons. The maximum atomic E-state index is 13.0. The number of aryl methyl sites for hydroxylation is 1. The standard InChI is InChI=1S/C26H20O5/c1-16-3-2-4-19(13-16)25-22(21-11-10-20(27)15-23(21)31-26(25)30)14-18-7-5-17(6-8-18)9-12-24(28)29/h2-13,15,27H,14H2,1H3,(H,28,29)/b12-9+. The van der Waals surface area contributed by atoms with Gasteiger partial charge in [-0.05, 0) is 53.8 Å². The lowest BCUT2D eigenvalue weighted by molar-refractivity contribution is -0.131. The first kappa shape index (κ1) is 20.2. The van der Waals surface area contributed by atoms with Crippen molar-refractivity contribution in [3.05, 3.63) is 105 Å². The third kappa shape index (κ3) is 4.41. The Morgan fingerprint density at radius 1 is 1.03 bits per heavy atom. The van der Waals surface area contributed by atoms with Gasteiger partial charge in [-0.1, -0.05) is 54.1 Å². The van der Waals surface area contributed by atoms with Gasteiger partial charge in [0.1, 0.15) is 11.3 Å². The molecule has 31 heavy (non-hydrogen) atoms. The fourth-order valence-electron chi connectivity index (χ4n) is 3.65. The molecule has 0 atom stereocenters. The monoisotopic (exact) mass is 412 g/mol. The lowest BCUT2D eigenvalue weighted by atomic mass is 9.92. The van der Waals surface area contributed by atoms with E-state index in [-0.39, 0.29) is 5.75 Å². The minimum absolute atomic E-state index is 0.0273.